The summed E-state index contributed by atoms with van der Waals surface area (Å²) in [4.78, 5) is 2.59. The third-order valence-electron chi connectivity index (χ3n) is 17.7. The highest BCUT2D eigenvalue weighted by Gasteiger charge is 2.47. The molecule has 0 saturated heterocycles. The molecule has 0 radical (unpaired) electrons. The van der Waals surface area contributed by atoms with Crippen molar-refractivity contribution in [2.24, 2.45) is 0 Å². The van der Waals surface area contributed by atoms with Gasteiger partial charge in [0.05, 0.1) is 16.8 Å². The van der Waals surface area contributed by atoms with Gasteiger partial charge in [0.25, 0.3) is 0 Å². The molecule has 0 aliphatic heterocycles. The Labute approximate surface area is 451 Å². The maximum atomic E-state index is 2.59. The third kappa shape index (κ3) is 7.04. The predicted molar refractivity (Wildman–Crippen MR) is 322 cm³/mol. The lowest BCUT2D eigenvalue weighted by Gasteiger charge is -2.37. The van der Waals surface area contributed by atoms with Crippen LogP contribution in [0.5, 0.6) is 0 Å². The third-order valence-corrected chi connectivity index (χ3v) is 17.7. The molecule has 76 heavy (non-hydrogen) atoms. The fourth-order valence-electron chi connectivity index (χ4n) is 13.8. The molecule has 3 aliphatic carbocycles. The van der Waals surface area contributed by atoms with E-state index in [2.05, 4.69) is 299 Å². The van der Waals surface area contributed by atoms with Gasteiger partial charge < -0.3 is 4.90 Å². The second kappa shape index (κ2) is 17.0. The second-order valence-electron chi connectivity index (χ2n) is 24.9. The highest BCUT2D eigenvalue weighted by atomic mass is 15.1. The minimum atomic E-state index is -0.633. The molecule has 0 N–H and O–H groups in total. The number of para-hydroxylation sites is 2. The van der Waals surface area contributed by atoms with E-state index in [9.17, 15) is 0 Å². The highest BCUT2D eigenvalue weighted by Crippen LogP contribution is 2.60. The van der Waals surface area contributed by atoms with Crippen LogP contribution in [0.1, 0.15) is 125 Å². The van der Waals surface area contributed by atoms with Crippen LogP contribution < -0.4 is 4.90 Å². The zero-order chi connectivity index (χ0) is 52.5. The van der Waals surface area contributed by atoms with Crippen LogP contribution in [-0.4, -0.2) is 0 Å². The van der Waals surface area contributed by atoms with Crippen LogP contribution in [-0.2, 0) is 27.1 Å². The molecule has 0 aromatic heterocycles. The van der Waals surface area contributed by atoms with Crippen molar-refractivity contribution in [3.63, 3.8) is 0 Å². The van der Waals surface area contributed by atoms with E-state index < -0.39 is 5.41 Å². The summed E-state index contributed by atoms with van der Waals surface area (Å²) in [7, 11) is 0. The van der Waals surface area contributed by atoms with Crippen molar-refractivity contribution in [2.75, 3.05) is 4.90 Å². The smallest absolute Gasteiger partial charge is 0.0714 e. The van der Waals surface area contributed by atoms with E-state index in [1.807, 2.05) is 0 Å². The summed E-state index contributed by atoms with van der Waals surface area (Å²) < 4.78 is 0. The van der Waals surface area contributed by atoms with E-state index in [1.165, 1.54) is 111 Å². The van der Waals surface area contributed by atoms with E-state index >= 15 is 0 Å². The monoisotopic (exact) mass is 982 g/mol. The molecule has 10 aromatic rings. The van der Waals surface area contributed by atoms with Gasteiger partial charge in [-0.2, -0.15) is 0 Å². The van der Waals surface area contributed by atoms with Gasteiger partial charge in [-0.05, 0) is 141 Å². The quantitative estimate of drug-likeness (QED) is 0.154. The molecule has 0 amide bonds. The van der Waals surface area contributed by atoms with Crippen molar-refractivity contribution in [2.45, 2.75) is 96.3 Å². The van der Waals surface area contributed by atoms with Gasteiger partial charge in [-0.25, -0.2) is 0 Å². The maximum Gasteiger partial charge on any atom is 0.0714 e. The van der Waals surface area contributed by atoms with Crippen molar-refractivity contribution in [3.05, 3.63) is 280 Å². The van der Waals surface area contributed by atoms with Crippen LogP contribution in [0.15, 0.2) is 224 Å². The fourth-order valence-corrected chi connectivity index (χ4v) is 13.8. The van der Waals surface area contributed by atoms with Crippen molar-refractivity contribution in [3.8, 4) is 55.6 Å². The van der Waals surface area contributed by atoms with Gasteiger partial charge in [-0.15, -0.1) is 0 Å². The van der Waals surface area contributed by atoms with Crippen molar-refractivity contribution in [1.29, 1.82) is 0 Å². The first-order chi connectivity index (χ1) is 36.5. The van der Waals surface area contributed by atoms with Gasteiger partial charge in [-0.1, -0.05) is 263 Å². The van der Waals surface area contributed by atoms with Gasteiger partial charge in [0.2, 0.25) is 0 Å². The molecule has 0 spiro atoms. The maximum absolute atomic E-state index is 2.59. The summed E-state index contributed by atoms with van der Waals surface area (Å²) in [5.74, 6) is 0. The Morgan fingerprint density at radius 2 is 0.724 bits per heavy atom. The summed E-state index contributed by atoms with van der Waals surface area (Å²) in [6, 6.07) is 86.1. The largest absolute Gasteiger partial charge is 0.309 e. The van der Waals surface area contributed by atoms with Gasteiger partial charge in [0.15, 0.2) is 0 Å². The second-order valence-corrected chi connectivity index (χ2v) is 24.9. The minimum absolute atomic E-state index is 0.0550. The molecule has 1 heteroatoms. The van der Waals surface area contributed by atoms with Crippen LogP contribution in [0.25, 0.3) is 55.6 Å². The molecule has 1 nitrogen and oxygen atoms in total. The Balaban J connectivity index is 1.11. The lowest BCUT2D eigenvalue weighted by molar-refractivity contribution is 0.585. The highest BCUT2D eigenvalue weighted by molar-refractivity contribution is 5.99. The number of rotatable bonds is 7. The van der Waals surface area contributed by atoms with Gasteiger partial charge in [0.1, 0.15) is 0 Å². The first-order valence-corrected chi connectivity index (χ1v) is 27.4. The molecule has 372 valence electrons. The Morgan fingerprint density at radius 3 is 1.33 bits per heavy atom. The Hall–Kier alpha value is -8.00. The number of hydrogen-bond acceptors (Lipinski definition) is 1. The molecule has 0 unspecified atom stereocenters. The number of hydrogen-bond donors (Lipinski definition) is 0. The molecule has 0 saturated carbocycles. The van der Waals surface area contributed by atoms with Crippen molar-refractivity contribution in [1.82, 2.24) is 0 Å². The van der Waals surface area contributed by atoms with Crippen LogP contribution in [0.2, 0.25) is 0 Å². The summed E-state index contributed by atoms with van der Waals surface area (Å²) in [5, 5.41) is 0. The molecular formula is C75H67N. The molecular weight excluding hydrogens is 915 g/mol. The normalized spacial score (nSPS) is 15.0. The number of nitrogens with zero attached hydrogens (tertiary/aromatic N) is 1. The van der Waals surface area contributed by atoms with Crippen LogP contribution in [0.4, 0.5) is 17.1 Å². The Kier molecular flexibility index (Phi) is 10.7. The number of benzene rings is 10. The molecule has 0 fully saturated rings. The number of anilines is 3. The minimum Gasteiger partial charge on any atom is -0.309 e. The molecule has 13 rings (SSSR count). The van der Waals surface area contributed by atoms with Gasteiger partial charge in [-0.3, -0.25) is 0 Å². The van der Waals surface area contributed by atoms with Crippen molar-refractivity contribution < 1.29 is 0 Å². The number of fused-ring (bicyclic) bond motifs is 9. The molecule has 10 aromatic carbocycles. The van der Waals surface area contributed by atoms with Crippen LogP contribution in [0.3, 0.4) is 0 Å². The Bertz CT molecular complexity index is 3920. The summed E-state index contributed by atoms with van der Waals surface area (Å²) in [6.45, 7) is 23.6. The SMILES string of the molecule is CC(C)(C)c1cccc(C2(c3cccc(C(C)(C)C)c3)c3ccccc3-c3ccc(N(c4ccccc4-c4ccc5c(c4)C(C)(C)c4ccccc4-5)c4ccccc4-c4cccc5c4C(C)(C)c4ccccc4-5)cc32)c1. The van der Waals surface area contributed by atoms with E-state index in [0.29, 0.717) is 0 Å². The summed E-state index contributed by atoms with van der Waals surface area (Å²) >= 11 is 0. The lowest BCUT2D eigenvalue weighted by atomic mass is 9.66. The van der Waals surface area contributed by atoms with E-state index in [-0.39, 0.29) is 21.7 Å². The molecule has 0 bridgehead atoms. The van der Waals surface area contributed by atoms with Gasteiger partial charge in [0, 0.05) is 27.6 Å². The van der Waals surface area contributed by atoms with Gasteiger partial charge >= 0.3 is 0 Å². The predicted octanol–water partition coefficient (Wildman–Crippen LogP) is 20.1. The fraction of sp³-hybridized carbons (Fsp3) is 0.200. The topological polar surface area (TPSA) is 3.24 Å². The molecule has 0 heterocycles. The lowest BCUT2D eigenvalue weighted by Crippen LogP contribution is -2.30. The van der Waals surface area contributed by atoms with E-state index in [4.69, 9.17) is 0 Å². The Morgan fingerprint density at radius 1 is 0.303 bits per heavy atom. The first kappa shape index (κ1) is 47.7. The zero-order valence-corrected chi connectivity index (χ0v) is 45.8. The molecule has 0 atom stereocenters. The van der Waals surface area contributed by atoms with Crippen LogP contribution >= 0.6 is 0 Å². The standard InChI is InChI=1S/C75H67N/c1-71(2,3)49-24-21-26-51(45-49)75(52-27-22-25-50(46-52)72(4,5)6)65-37-18-13-30-56(65)59-43-41-53(47-67(59)75)76(68-38-19-14-28-54(68)48-40-42-58-55-29-11-16-35-63(55)73(7,8)66(58)44-48)69-39-20-15-32-60(69)62-34-23-33-61-57-31-12-17-36-64(57)74(9,10)70(61)62/h11-47H,1-10H3. The summed E-state index contributed by atoms with van der Waals surface area (Å²) in [6.07, 6.45) is 0. The van der Waals surface area contributed by atoms with E-state index in [1.54, 1.807) is 0 Å². The average molecular weight is 982 g/mol. The summed E-state index contributed by atoms with van der Waals surface area (Å²) in [5.41, 5.74) is 28.3. The first-order valence-electron chi connectivity index (χ1n) is 27.4. The van der Waals surface area contributed by atoms with Crippen molar-refractivity contribution >= 4 is 17.1 Å². The van der Waals surface area contributed by atoms with Crippen LogP contribution in [0, 0.1) is 0 Å². The average Bonchev–Trinajstić information content (AvgIpc) is 4.12. The van der Waals surface area contributed by atoms with E-state index in [0.717, 1.165) is 17.1 Å². The molecule has 3 aliphatic rings. The zero-order valence-electron chi connectivity index (χ0n) is 45.8.